The Morgan fingerprint density at radius 3 is 2.82 bits per heavy atom. The van der Waals surface area contributed by atoms with Gasteiger partial charge in [-0.25, -0.2) is 0 Å². The number of rotatable bonds is 5. The summed E-state index contributed by atoms with van der Waals surface area (Å²) in [4.78, 5) is 14.2. The van der Waals surface area contributed by atoms with E-state index in [4.69, 9.17) is 5.26 Å². The lowest BCUT2D eigenvalue weighted by Crippen LogP contribution is -2.49. The monoisotopic (exact) mass is 318 g/mol. The molecule has 5 heteroatoms. The topological polar surface area (TPSA) is 64.3 Å². The van der Waals surface area contributed by atoms with Crippen molar-refractivity contribution in [3.05, 3.63) is 35.4 Å². The quantitative estimate of drug-likeness (QED) is 0.906. The van der Waals surface area contributed by atoms with Gasteiger partial charge < -0.3 is 10.0 Å². The third-order valence-electron chi connectivity index (χ3n) is 4.00. The van der Waals surface area contributed by atoms with E-state index < -0.39 is 6.10 Å². The zero-order valence-corrected chi connectivity index (χ0v) is 13.7. The van der Waals surface area contributed by atoms with Gasteiger partial charge in [-0.3, -0.25) is 4.79 Å². The zero-order valence-electron chi connectivity index (χ0n) is 12.9. The fourth-order valence-corrected chi connectivity index (χ4v) is 3.65. The van der Waals surface area contributed by atoms with E-state index in [1.54, 1.807) is 30.8 Å². The number of likely N-dealkylation sites (tertiary alicyclic amines) is 1. The van der Waals surface area contributed by atoms with E-state index in [1.165, 1.54) is 0 Å². The number of thioether (sulfide) groups is 1. The van der Waals surface area contributed by atoms with Gasteiger partial charge in [-0.2, -0.15) is 5.26 Å². The van der Waals surface area contributed by atoms with Crippen LogP contribution in [-0.4, -0.2) is 40.4 Å². The van der Waals surface area contributed by atoms with Crippen LogP contribution in [0, 0.1) is 11.3 Å². The molecule has 2 atom stereocenters. The van der Waals surface area contributed by atoms with Gasteiger partial charge in [0.2, 0.25) is 5.91 Å². The van der Waals surface area contributed by atoms with Crippen LogP contribution in [0.3, 0.4) is 0 Å². The van der Waals surface area contributed by atoms with Gasteiger partial charge in [0.05, 0.1) is 29.5 Å². The SMILES string of the molecule is CC(O)C1CCCCN1C(=O)CSCc1ccc(C#N)cc1. The Labute approximate surface area is 136 Å². The van der Waals surface area contributed by atoms with Gasteiger partial charge >= 0.3 is 0 Å². The molecule has 1 aliphatic heterocycles. The third-order valence-corrected chi connectivity index (χ3v) is 4.99. The summed E-state index contributed by atoms with van der Waals surface area (Å²) >= 11 is 1.58. The highest BCUT2D eigenvalue weighted by Gasteiger charge is 2.29. The lowest BCUT2D eigenvalue weighted by Gasteiger charge is -2.37. The molecule has 0 bridgehead atoms. The highest BCUT2D eigenvalue weighted by atomic mass is 32.2. The van der Waals surface area contributed by atoms with E-state index in [9.17, 15) is 9.90 Å². The maximum Gasteiger partial charge on any atom is 0.232 e. The standard InChI is InChI=1S/C17H22N2O2S/c1-13(20)16-4-2-3-9-19(16)17(21)12-22-11-15-7-5-14(10-18)6-8-15/h5-8,13,16,20H,2-4,9,11-12H2,1H3. The van der Waals surface area contributed by atoms with E-state index in [1.807, 2.05) is 17.0 Å². The maximum atomic E-state index is 12.4. The molecule has 0 saturated carbocycles. The Morgan fingerprint density at radius 2 is 2.18 bits per heavy atom. The first-order valence-electron chi connectivity index (χ1n) is 7.66. The molecule has 1 saturated heterocycles. The molecule has 1 fully saturated rings. The van der Waals surface area contributed by atoms with Gasteiger partial charge in [-0.05, 0) is 43.9 Å². The predicted molar refractivity (Wildman–Crippen MR) is 88.4 cm³/mol. The van der Waals surface area contributed by atoms with E-state index >= 15 is 0 Å². The molecule has 0 aromatic heterocycles. The number of benzene rings is 1. The largest absolute Gasteiger partial charge is 0.391 e. The van der Waals surface area contributed by atoms with Crippen LogP contribution in [0.4, 0.5) is 0 Å². The van der Waals surface area contributed by atoms with Crippen molar-refractivity contribution in [2.45, 2.75) is 44.1 Å². The van der Waals surface area contributed by atoms with E-state index in [-0.39, 0.29) is 11.9 Å². The van der Waals surface area contributed by atoms with E-state index in [0.29, 0.717) is 11.3 Å². The Hall–Kier alpha value is -1.51. The first-order valence-corrected chi connectivity index (χ1v) is 8.81. The Bertz CT molecular complexity index is 537. The molecule has 4 nitrogen and oxygen atoms in total. The maximum absolute atomic E-state index is 12.4. The van der Waals surface area contributed by atoms with Crippen molar-refractivity contribution in [1.29, 1.82) is 5.26 Å². The molecule has 0 spiro atoms. The van der Waals surface area contributed by atoms with Crippen molar-refractivity contribution in [2.75, 3.05) is 12.3 Å². The van der Waals surface area contributed by atoms with Gasteiger partial charge in [0.25, 0.3) is 0 Å². The second-order valence-electron chi connectivity index (χ2n) is 5.69. The second kappa shape index (κ2) is 8.21. The molecule has 1 heterocycles. The normalized spacial score (nSPS) is 19.5. The Balaban J connectivity index is 1.82. The van der Waals surface area contributed by atoms with E-state index in [0.717, 1.165) is 37.1 Å². The summed E-state index contributed by atoms with van der Waals surface area (Å²) in [6.07, 6.45) is 2.53. The summed E-state index contributed by atoms with van der Waals surface area (Å²) in [5, 5.41) is 18.6. The van der Waals surface area contributed by atoms with Crippen LogP contribution < -0.4 is 0 Å². The molecule has 1 amide bonds. The van der Waals surface area contributed by atoms with Crippen LogP contribution in [0.25, 0.3) is 0 Å². The van der Waals surface area contributed by atoms with Gasteiger partial charge in [0, 0.05) is 12.3 Å². The van der Waals surface area contributed by atoms with Crippen molar-refractivity contribution in [1.82, 2.24) is 4.90 Å². The summed E-state index contributed by atoms with van der Waals surface area (Å²) in [7, 11) is 0. The summed E-state index contributed by atoms with van der Waals surface area (Å²) in [6.45, 7) is 2.52. The van der Waals surface area contributed by atoms with Crippen LogP contribution in [-0.2, 0) is 10.5 Å². The number of nitrogens with zero attached hydrogens (tertiary/aromatic N) is 2. The number of aliphatic hydroxyl groups is 1. The van der Waals surface area contributed by atoms with Crippen LogP contribution in [0.2, 0.25) is 0 Å². The average Bonchev–Trinajstić information content (AvgIpc) is 2.55. The summed E-state index contributed by atoms with van der Waals surface area (Å²) in [5.74, 6) is 1.30. The molecule has 1 N–H and O–H groups in total. The first-order chi connectivity index (χ1) is 10.6. The fraction of sp³-hybridized carbons (Fsp3) is 0.529. The van der Waals surface area contributed by atoms with Crippen LogP contribution in [0.5, 0.6) is 0 Å². The number of carbonyl (C=O) groups excluding carboxylic acids is 1. The van der Waals surface area contributed by atoms with Gasteiger partial charge in [-0.1, -0.05) is 12.1 Å². The molecule has 2 unspecified atom stereocenters. The highest BCUT2D eigenvalue weighted by Crippen LogP contribution is 2.22. The minimum Gasteiger partial charge on any atom is -0.391 e. The van der Waals surface area contributed by atoms with Crippen LogP contribution in [0.1, 0.15) is 37.3 Å². The third kappa shape index (κ3) is 4.49. The smallest absolute Gasteiger partial charge is 0.232 e. The van der Waals surface area contributed by atoms with Gasteiger partial charge in [0.1, 0.15) is 0 Å². The zero-order chi connectivity index (χ0) is 15.9. The van der Waals surface area contributed by atoms with Crippen LogP contribution in [0.15, 0.2) is 24.3 Å². The minimum atomic E-state index is -0.465. The van der Waals surface area contributed by atoms with Crippen molar-refractivity contribution < 1.29 is 9.90 Å². The van der Waals surface area contributed by atoms with Gasteiger partial charge in [-0.15, -0.1) is 11.8 Å². The molecule has 1 aromatic carbocycles. The Morgan fingerprint density at radius 1 is 1.45 bits per heavy atom. The second-order valence-corrected chi connectivity index (χ2v) is 6.68. The summed E-state index contributed by atoms with van der Waals surface area (Å²) < 4.78 is 0. The number of piperidine rings is 1. The minimum absolute atomic E-state index is 0.0308. The lowest BCUT2D eigenvalue weighted by atomic mass is 9.98. The molecule has 118 valence electrons. The molecule has 0 aliphatic carbocycles. The first kappa shape index (κ1) is 16.9. The number of hydrogen-bond acceptors (Lipinski definition) is 4. The molecule has 1 aromatic rings. The van der Waals surface area contributed by atoms with Crippen molar-refractivity contribution in [3.63, 3.8) is 0 Å². The molecule has 22 heavy (non-hydrogen) atoms. The molecular formula is C17H22N2O2S. The molecule has 1 aliphatic rings. The number of amides is 1. The highest BCUT2D eigenvalue weighted by molar-refractivity contribution is 7.99. The predicted octanol–water partition coefficient (Wildman–Crippen LogP) is 2.55. The summed E-state index contributed by atoms with van der Waals surface area (Å²) in [5.41, 5.74) is 1.76. The number of nitriles is 1. The Kier molecular flexibility index (Phi) is 6.29. The van der Waals surface area contributed by atoms with E-state index in [2.05, 4.69) is 6.07 Å². The van der Waals surface area contributed by atoms with Crippen LogP contribution >= 0.6 is 11.8 Å². The number of aliphatic hydroxyl groups excluding tert-OH is 1. The molecule has 0 radical (unpaired) electrons. The molecule has 2 rings (SSSR count). The average molecular weight is 318 g/mol. The molecular weight excluding hydrogens is 296 g/mol. The fourth-order valence-electron chi connectivity index (χ4n) is 2.78. The van der Waals surface area contributed by atoms with Gasteiger partial charge in [0.15, 0.2) is 0 Å². The van der Waals surface area contributed by atoms with Crippen molar-refractivity contribution >= 4 is 17.7 Å². The number of carbonyl (C=O) groups is 1. The summed E-state index contributed by atoms with van der Waals surface area (Å²) in [6, 6.07) is 9.51. The lowest BCUT2D eigenvalue weighted by molar-refractivity contribution is -0.134. The van der Waals surface area contributed by atoms with Crippen molar-refractivity contribution in [2.24, 2.45) is 0 Å². The van der Waals surface area contributed by atoms with Crippen molar-refractivity contribution in [3.8, 4) is 6.07 Å². The number of hydrogen-bond donors (Lipinski definition) is 1.